The van der Waals surface area contributed by atoms with E-state index < -0.39 is 30.1 Å². The molecule has 0 radical (unpaired) electrons. The average molecular weight is 577 g/mol. The molecular weight excluding hydrogens is 547 g/mol. The number of hydrogen-bond donors (Lipinski definition) is 3. The third kappa shape index (κ3) is 5.77. The number of carbonyl (C=O) groups is 3. The normalized spacial score (nSPS) is 21.2. The molecule has 2 aliphatic rings. The number of rotatable bonds is 10. The van der Waals surface area contributed by atoms with Crippen LogP contribution in [-0.2, 0) is 16.1 Å². The number of amides is 2. The van der Waals surface area contributed by atoms with E-state index in [0.29, 0.717) is 45.2 Å². The summed E-state index contributed by atoms with van der Waals surface area (Å²) in [5.74, 6) is -0.884. The molecule has 0 bridgehead atoms. The number of ether oxygens (including phenoxy) is 2. The van der Waals surface area contributed by atoms with Gasteiger partial charge in [0, 0.05) is 46.3 Å². The number of carbonyl (C=O) groups excluding carboxylic acids is 3. The first kappa shape index (κ1) is 28.9. The van der Waals surface area contributed by atoms with Crippen LogP contribution >= 0.6 is 23.2 Å². The SMILES string of the molecule is CCCC(=O)N(Cc1ccc(Cl)cc1Cl)[C@@H]1C=C(C(=O)NCCO)[C@@H]2c3cc(C=O)cc(OC)c3O[C@@H]2[C@H]1O. The van der Waals surface area contributed by atoms with Crippen molar-refractivity contribution >= 4 is 41.3 Å². The fourth-order valence-electron chi connectivity index (χ4n) is 5.11. The molecular formula is C28H30Cl2N2O7. The first-order valence-corrected chi connectivity index (χ1v) is 13.4. The van der Waals surface area contributed by atoms with E-state index in [9.17, 15) is 24.6 Å². The van der Waals surface area contributed by atoms with Crippen LogP contribution in [0.5, 0.6) is 11.5 Å². The molecule has 208 valence electrons. The Morgan fingerprint density at radius 1 is 1.23 bits per heavy atom. The number of hydrogen-bond acceptors (Lipinski definition) is 7. The Morgan fingerprint density at radius 2 is 2.00 bits per heavy atom. The van der Waals surface area contributed by atoms with Crippen LogP contribution < -0.4 is 14.8 Å². The van der Waals surface area contributed by atoms with Gasteiger partial charge in [0.05, 0.1) is 25.7 Å². The average Bonchev–Trinajstić information content (AvgIpc) is 3.31. The Kier molecular flexibility index (Phi) is 9.17. The summed E-state index contributed by atoms with van der Waals surface area (Å²) >= 11 is 12.5. The largest absolute Gasteiger partial charge is 0.493 e. The van der Waals surface area contributed by atoms with Crippen molar-refractivity contribution in [1.29, 1.82) is 0 Å². The smallest absolute Gasteiger partial charge is 0.247 e. The van der Waals surface area contributed by atoms with E-state index in [1.54, 1.807) is 30.3 Å². The van der Waals surface area contributed by atoms with E-state index in [0.717, 1.165) is 0 Å². The Labute approximate surface area is 236 Å². The monoisotopic (exact) mass is 576 g/mol. The predicted molar refractivity (Wildman–Crippen MR) is 145 cm³/mol. The van der Waals surface area contributed by atoms with Crippen molar-refractivity contribution < 1.29 is 34.1 Å². The fourth-order valence-corrected chi connectivity index (χ4v) is 5.58. The lowest BCUT2D eigenvalue weighted by Gasteiger charge is -2.41. The number of benzene rings is 2. The summed E-state index contributed by atoms with van der Waals surface area (Å²) in [5, 5.41) is 24.4. The highest BCUT2D eigenvalue weighted by Crippen LogP contribution is 2.51. The Balaban J connectivity index is 1.83. The minimum atomic E-state index is -1.24. The molecule has 0 fully saturated rings. The standard InChI is InChI=1S/C28H30Cl2N2O7/c1-3-4-23(35)32(13-16-5-6-17(29)11-20(16)30)21-12-19(28(37)31-7-8-33)24-18-9-15(14-34)10-22(38-2)26(18)39-27(24)25(21)36/h5-6,9-12,14,21,24-25,27,33,36H,3-4,7-8,13H2,1-2H3,(H,31,37)/t21-,24+,25+,27+/m1/s1. The van der Waals surface area contributed by atoms with E-state index in [1.165, 1.54) is 18.1 Å². The Hall–Kier alpha value is -3.11. The second-order valence-corrected chi connectivity index (χ2v) is 10.3. The van der Waals surface area contributed by atoms with Gasteiger partial charge in [-0.3, -0.25) is 14.4 Å². The molecule has 0 aromatic heterocycles. The number of aliphatic hydroxyl groups excluding tert-OH is 2. The van der Waals surface area contributed by atoms with Gasteiger partial charge in [0.25, 0.3) is 0 Å². The van der Waals surface area contributed by atoms with E-state index >= 15 is 0 Å². The van der Waals surface area contributed by atoms with Crippen molar-refractivity contribution in [3.05, 3.63) is 68.7 Å². The summed E-state index contributed by atoms with van der Waals surface area (Å²) < 4.78 is 11.6. The molecule has 4 atom stereocenters. The van der Waals surface area contributed by atoms with Crippen molar-refractivity contribution in [1.82, 2.24) is 10.2 Å². The summed E-state index contributed by atoms with van der Waals surface area (Å²) in [5.41, 5.74) is 1.69. The summed E-state index contributed by atoms with van der Waals surface area (Å²) in [6.07, 6.45) is 0.800. The van der Waals surface area contributed by atoms with E-state index in [1.807, 2.05) is 6.92 Å². The highest BCUT2D eigenvalue weighted by Gasteiger charge is 2.51. The Morgan fingerprint density at radius 3 is 2.64 bits per heavy atom. The van der Waals surface area contributed by atoms with Crippen molar-refractivity contribution in [2.45, 2.75) is 50.5 Å². The van der Waals surface area contributed by atoms with Gasteiger partial charge in [0.15, 0.2) is 11.5 Å². The molecule has 1 aliphatic carbocycles. The molecule has 0 saturated heterocycles. The van der Waals surface area contributed by atoms with Gasteiger partial charge in [-0.15, -0.1) is 0 Å². The van der Waals surface area contributed by atoms with Crippen molar-refractivity contribution in [2.75, 3.05) is 20.3 Å². The molecule has 2 aromatic rings. The van der Waals surface area contributed by atoms with Gasteiger partial charge >= 0.3 is 0 Å². The van der Waals surface area contributed by atoms with Crippen molar-refractivity contribution in [3.63, 3.8) is 0 Å². The van der Waals surface area contributed by atoms with Crippen LogP contribution in [0.1, 0.15) is 47.2 Å². The quantitative estimate of drug-likeness (QED) is 0.370. The molecule has 0 saturated carbocycles. The molecule has 11 heteroatoms. The van der Waals surface area contributed by atoms with Crippen molar-refractivity contribution in [3.8, 4) is 11.5 Å². The van der Waals surface area contributed by atoms with Crippen LogP contribution in [0, 0.1) is 0 Å². The molecule has 9 nitrogen and oxygen atoms in total. The molecule has 1 heterocycles. The number of aliphatic hydroxyl groups is 2. The van der Waals surface area contributed by atoms with Crippen molar-refractivity contribution in [2.24, 2.45) is 0 Å². The van der Waals surface area contributed by atoms with Crippen LogP contribution in [0.25, 0.3) is 0 Å². The second kappa shape index (κ2) is 12.4. The third-order valence-corrected chi connectivity index (χ3v) is 7.50. The van der Waals surface area contributed by atoms with Gasteiger partial charge < -0.3 is 29.9 Å². The predicted octanol–water partition coefficient (Wildman–Crippen LogP) is 3.27. The highest BCUT2D eigenvalue weighted by molar-refractivity contribution is 6.35. The minimum absolute atomic E-state index is 0.00502. The highest BCUT2D eigenvalue weighted by atomic mass is 35.5. The second-order valence-electron chi connectivity index (χ2n) is 9.41. The van der Waals surface area contributed by atoms with E-state index in [2.05, 4.69) is 5.32 Å². The third-order valence-electron chi connectivity index (χ3n) is 6.91. The van der Waals surface area contributed by atoms with Gasteiger partial charge in [-0.2, -0.15) is 0 Å². The molecule has 39 heavy (non-hydrogen) atoms. The molecule has 1 aliphatic heterocycles. The van der Waals surface area contributed by atoms with Crippen LogP contribution in [0.4, 0.5) is 0 Å². The summed E-state index contributed by atoms with van der Waals surface area (Å²) in [6, 6.07) is 7.12. The maximum absolute atomic E-state index is 13.4. The van der Waals surface area contributed by atoms with Gasteiger partial charge in [0.2, 0.25) is 11.8 Å². The molecule has 4 rings (SSSR count). The number of aldehydes is 1. The zero-order valence-corrected chi connectivity index (χ0v) is 23.0. The first-order valence-electron chi connectivity index (χ1n) is 12.6. The number of halogens is 2. The van der Waals surface area contributed by atoms with Crippen LogP contribution in [-0.4, -0.2) is 71.7 Å². The fraction of sp³-hybridized carbons (Fsp3) is 0.393. The maximum Gasteiger partial charge on any atom is 0.247 e. The summed E-state index contributed by atoms with van der Waals surface area (Å²) in [6.45, 7) is 1.66. The summed E-state index contributed by atoms with van der Waals surface area (Å²) in [7, 11) is 1.43. The lowest BCUT2D eigenvalue weighted by Crippen LogP contribution is -2.55. The zero-order chi connectivity index (χ0) is 28.3. The van der Waals surface area contributed by atoms with Gasteiger partial charge in [-0.25, -0.2) is 0 Å². The maximum atomic E-state index is 13.4. The molecule has 2 amide bonds. The molecule has 2 aromatic carbocycles. The lowest BCUT2D eigenvalue weighted by atomic mass is 9.77. The summed E-state index contributed by atoms with van der Waals surface area (Å²) in [4.78, 5) is 39.9. The zero-order valence-electron chi connectivity index (χ0n) is 21.5. The van der Waals surface area contributed by atoms with Crippen LogP contribution in [0.3, 0.4) is 0 Å². The van der Waals surface area contributed by atoms with Crippen LogP contribution in [0.2, 0.25) is 10.0 Å². The van der Waals surface area contributed by atoms with E-state index in [4.69, 9.17) is 32.7 Å². The topological polar surface area (TPSA) is 125 Å². The van der Waals surface area contributed by atoms with Crippen LogP contribution in [0.15, 0.2) is 42.0 Å². The lowest BCUT2D eigenvalue weighted by molar-refractivity contribution is -0.138. The Bertz CT molecular complexity index is 1300. The number of nitrogens with one attached hydrogen (secondary N) is 1. The first-order chi connectivity index (χ1) is 18.7. The molecule has 0 spiro atoms. The van der Waals surface area contributed by atoms with Gasteiger partial charge in [0.1, 0.15) is 18.5 Å². The molecule has 0 unspecified atom stereocenters. The van der Waals surface area contributed by atoms with E-state index in [-0.39, 0.29) is 43.3 Å². The number of nitrogens with zero attached hydrogens (tertiary/aromatic N) is 1. The number of methoxy groups -OCH3 is 1. The number of fused-ring (bicyclic) bond motifs is 3. The van der Waals surface area contributed by atoms with Gasteiger partial charge in [-0.05, 0) is 42.3 Å². The minimum Gasteiger partial charge on any atom is -0.493 e. The van der Waals surface area contributed by atoms with Gasteiger partial charge in [-0.1, -0.05) is 36.2 Å². The molecule has 3 N–H and O–H groups in total.